The summed E-state index contributed by atoms with van der Waals surface area (Å²) in [6.07, 6.45) is 0.971. The zero-order valence-electron chi connectivity index (χ0n) is 23.2. The van der Waals surface area contributed by atoms with E-state index in [0.29, 0.717) is 10.7 Å². The van der Waals surface area contributed by atoms with E-state index in [1.165, 1.54) is 24.7 Å². The van der Waals surface area contributed by atoms with E-state index in [1.54, 1.807) is 41.1 Å². The van der Waals surface area contributed by atoms with Crippen molar-refractivity contribution in [2.24, 2.45) is 0 Å². The van der Waals surface area contributed by atoms with Gasteiger partial charge in [0.2, 0.25) is 10.0 Å². The maximum atomic E-state index is 13.5. The zero-order chi connectivity index (χ0) is 29.9. The Labute approximate surface area is 250 Å². The standard InChI is InChI=1S/C33H30ClN3O4S/c1-3-23-9-11-26(12-10-23)31-22-30(25-13-15-27(34)16-14-25)35-37(31)28-17-19-29(20-18-28)42(40,41)36(2)32(33(38)39)21-24-7-5-4-6-8-24/h4-20,22,32H,3,21H2,1-2H3,(H,38,39)/t32-/m0/s1. The largest absolute Gasteiger partial charge is 0.480 e. The third-order valence-electron chi connectivity index (χ3n) is 7.26. The lowest BCUT2D eigenvalue weighted by molar-refractivity contribution is -0.141. The van der Waals surface area contributed by atoms with Gasteiger partial charge in [0.1, 0.15) is 6.04 Å². The van der Waals surface area contributed by atoms with E-state index in [0.717, 1.165) is 38.8 Å². The summed E-state index contributed by atoms with van der Waals surface area (Å²) in [6.45, 7) is 2.10. The van der Waals surface area contributed by atoms with Gasteiger partial charge in [-0.1, -0.05) is 85.3 Å². The third-order valence-corrected chi connectivity index (χ3v) is 9.39. The second kappa shape index (κ2) is 12.3. The van der Waals surface area contributed by atoms with Crippen LogP contribution in [0.25, 0.3) is 28.2 Å². The van der Waals surface area contributed by atoms with Gasteiger partial charge in [-0.15, -0.1) is 0 Å². The summed E-state index contributed by atoms with van der Waals surface area (Å²) >= 11 is 6.10. The Kier molecular flexibility index (Phi) is 8.59. The van der Waals surface area contributed by atoms with Gasteiger partial charge in [-0.25, -0.2) is 13.1 Å². The number of carboxylic acid groups (broad SMARTS) is 1. The van der Waals surface area contributed by atoms with Crippen LogP contribution in [0.15, 0.2) is 114 Å². The van der Waals surface area contributed by atoms with Crippen LogP contribution in [0.2, 0.25) is 5.02 Å². The molecule has 0 saturated heterocycles. The summed E-state index contributed by atoms with van der Waals surface area (Å²) in [5.41, 5.74) is 6.04. The second-order valence-corrected chi connectivity index (χ2v) is 12.4. The molecule has 5 rings (SSSR count). The predicted octanol–water partition coefficient (Wildman–Crippen LogP) is 6.74. The zero-order valence-corrected chi connectivity index (χ0v) is 24.8. The molecule has 5 aromatic rings. The maximum absolute atomic E-state index is 13.5. The van der Waals surface area contributed by atoms with Gasteiger partial charge in [0.25, 0.3) is 0 Å². The number of rotatable bonds is 10. The van der Waals surface area contributed by atoms with Crippen molar-refractivity contribution >= 4 is 27.6 Å². The van der Waals surface area contributed by atoms with E-state index in [-0.39, 0.29) is 11.3 Å². The number of hydrogen-bond donors (Lipinski definition) is 1. The van der Waals surface area contributed by atoms with Crippen LogP contribution in [0.4, 0.5) is 0 Å². The predicted molar refractivity (Wildman–Crippen MR) is 165 cm³/mol. The van der Waals surface area contributed by atoms with Crippen LogP contribution < -0.4 is 0 Å². The van der Waals surface area contributed by atoms with Crippen molar-refractivity contribution in [3.63, 3.8) is 0 Å². The summed E-state index contributed by atoms with van der Waals surface area (Å²) in [4.78, 5) is 12.1. The molecule has 4 aromatic carbocycles. The molecular formula is C33H30ClN3O4S. The molecule has 1 atom stereocenters. The highest BCUT2D eigenvalue weighted by atomic mass is 35.5. The van der Waals surface area contributed by atoms with Gasteiger partial charge < -0.3 is 5.11 Å². The number of halogens is 1. The SMILES string of the molecule is CCc1ccc(-c2cc(-c3ccc(Cl)cc3)nn2-c2ccc(S(=O)(=O)N(C)[C@@H](Cc3ccccc3)C(=O)O)cc2)cc1. The molecule has 0 amide bonds. The second-order valence-electron chi connectivity index (χ2n) is 9.94. The van der Waals surface area contributed by atoms with Crippen LogP contribution in [0.5, 0.6) is 0 Å². The minimum Gasteiger partial charge on any atom is -0.480 e. The van der Waals surface area contributed by atoms with E-state index in [9.17, 15) is 18.3 Å². The van der Waals surface area contributed by atoms with Gasteiger partial charge in [0.15, 0.2) is 0 Å². The third kappa shape index (κ3) is 6.16. The van der Waals surface area contributed by atoms with Crippen molar-refractivity contribution in [1.29, 1.82) is 0 Å². The Morgan fingerprint density at radius 1 is 0.881 bits per heavy atom. The van der Waals surface area contributed by atoms with Crippen molar-refractivity contribution in [2.75, 3.05) is 7.05 Å². The molecule has 0 bridgehead atoms. The molecule has 7 nitrogen and oxygen atoms in total. The van der Waals surface area contributed by atoms with Crippen molar-refractivity contribution in [2.45, 2.75) is 30.7 Å². The average molecular weight is 600 g/mol. The van der Waals surface area contributed by atoms with Gasteiger partial charge in [-0.3, -0.25) is 4.79 Å². The molecule has 0 aliphatic carbocycles. The van der Waals surface area contributed by atoms with E-state index in [1.807, 2.05) is 48.5 Å². The summed E-state index contributed by atoms with van der Waals surface area (Å²) in [7, 11) is -2.80. The quantitative estimate of drug-likeness (QED) is 0.192. The number of likely N-dealkylation sites (N-methyl/N-ethyl adjacent to an activating group) is 1. The number of carbonyl (C=O) groups is 1. The fourth-order valence-corrected chi connectivity index (χ4v) is 6.20. The Bertz CT molecular complexity index is 1790. The fraction of sp³-hybridized carbons (Fsp3) is 0.152. The summed E-state index contributed by atoms with van der Waals surface area (Å²) in [5.74, 6) is -1.22. The van der Waals surface area contributed by atoms with Crippen LogP contribution in [-0.4, -0.2) is 46.7 Å². The van der Waals surface area contributed by atoms with Crippen LogP contribution >= 0.6 is 11.6 Å². The fourth-order valence-electron chi connectivity index (χ4n) is 4.76. The van der Waals surface area contributed by atoms with Crippen LogP contribution in [0.1, 0.15) is 18.1 Å². The lowest BCUT2D eigenvalue weighted by atomic mass is 10.1. The van der Waals surface area contributed by atoms with E-state index < -0.39 is 22.0 Å². The first-order valence-electron chi connectivity index (χ1n) is 13.5. The van der Waals surface area contributed by atoms with Crippen molar-refractivity contribution < 1.29 is 18.3 Å². The van der Waals surface area contributed by atoms with Crippen molar-refractivity contribution in [1.82, 2.24) is 14.1 Å². The molecule has 0 aliphatic rings. The highest BCUT2D eigenvalue weighted by Crippen LogP contribution is 2.30. The summed E-state index contributed by atoms with van der Waals surface area (Å²) in [6, 6.07) is 31.7. The molecule has 0 radical (unpaired) electrons. The molecule has 1 N–H and O–H groups in total. The Balaban J connectivity index is 1.50. The minimum absolute atomic E-state index is 0.00742. The Hall–Kier alpha value is -4.24. The van der Waals surface area contributed by atoms with Gasteiger partial charge in [0.05, 0.1) is 22.0 Å². The molecule has 0 unspecified atom stereocenters. The number of hydrogen-bond acceptors (Lipinski definition) is 4. The lowest BCUT2D eigenvalue weighted by Gasteiger charge is -2.24. The number of benzene rings is 4. The molecule has 1 aromatic heterocycles. The van der Waals surface area contributed by atoms with Gasteiger partial charge in [-0.2, -0.15) is 9.40 Å². The molecule has 214 valence electrons. The van der Waals surface area contributed by atoms with Crippen LogP contribution in [-0.2, 0) is 27.7 Å². The van der Waals surface area contributed by atoms with E-state index >= 15 is 0 Å². The van der Waals surface area contributed by atoms with E-state index in [4.69, 9.17) is 16.7 Å². The molecule has 0 spiro atoms. The molecule has 0 aliphatic heterocycles. The number of aliphatic carboxylic acids is 1. The van der Waals surface area contributed by atoms with Crippen molar-refractivity contribution in [3.8, 4) is 28.2 Å². The van der Waals surface area contributed by atoms with Crippen LogP contribution in [0.3, 0.4) is 0 Å². The molecular weight excluding hydrogens is 570 g/mol. The van der Waals surface area contributed by atoms with Gasteiger partial charge in [0, 0.05) is 23.2 Å². The number of carboxylic acids is 1. The Morgan fingerprint density at radius 2 is 1.50 bits per heavy atom. The average Bonchev–Trinajstić information content (AvgIpc) is 3.46. The first kappa shape index (κ1) is 29.3. The first-order valence-corrected chi connectivity index (χ1v) is 15.3. The highest BCUT2D eigenvalue weighted by Gasteiger charge is 2.33. The molecule has 1 heterocycles. The van der Waals surface area contributed by atoms with Gasteiger partial charge >= 0.3 is 5.97 Å². The number of nitrogens with zero attached hydrogens (tertiary/aromatic N) is 3. The lowest BCUT2D eigenvalue weighted by Crippen LogP contribution is -2.43. The first-order chi connectivity index (χ1) is 20.2. The molecule has 0 saturated carbocycles. The minimum atomic E-state index is -4.10. The van der Waals surface area contributed by atoms with Crippen molar-refractivity contribution in [3.05, 3.63) is 125 Å². The molecule has 9 heteroatoms. The topological polar surface area (TPSA) is 92.5 Å². The molecule has 0 fully saturated rings. The van der Waals surface area contributed by atoms with Crippen LogP contribution in [0, 0.1) is 0 Å². The Morgan fingerprint density at radius 3 is 2.10 bits per heavy atom. The monoisotopic (exact) mass is 599 g/mol. The smallest absolute Gasteiger partial charge is 0.322 e. The summed E-state index contributed by atoms with van der Waals surface area (Å²) < 4.78 is 29.7. The number of aryl methyl sites for hydroxylation is 1. The summed E-state index contributed by atoms with van der Waals surface area (Å²) in [5, 5.41) is 15.4. The van der Waals surface area contributed by atoms with Gasteiger partial charge in [-0.05, 0) is 66.4 Å². The normalized spacial score (nSPS) is 12.4. The van der Waals surface area contributed by atoms with E-state index in [2.05, 4.69) is 19.1 Å². The number of sulfonamides is 1. The highest BCUT2D eigenvalue weighted by molar-refractivity contribution is 7.89. The number of aromatic nitrogens is 2. The molecule has 42 heavy (non-hydrogen) atoms. The maximum Gasteiger partial charge on any atom is 0.322 e.